The van der Waals surface area contributed by atoms with Gasteiger partial charge in [-0.25, -0.2) is 0 Å². The van der Waals surface area contributed by atoms with Crippen LogP contribution in [0.15, 0.2) is 22.8 Å². The minimum Gasteiger partial charge on any atom is -0.314 e. The van der Waals surface area contributed by atoms with Gasteiger partial charge in [-0.05, 0) is 53.4 Å². The van der Waals surface area contributed by atoms with E-state index in [1.54, 1.807) is 0 Å². The molecule has 1 unspecified atom stereocenters. The Morgan fingerprint density at radius 3 is 2.76 bits per heavy atom. The Hall–Kier alpha value is -0.410. The van der Waals surface area contributed by atoms with Crippen molar-refractivity contribution in [1.29, 1.82) is 0 Å². The molecule has 1 saturated carbocycles. The summed E-state index contributed by atoms with van der Waals surface area (Å²) in [5, 5.41) is 3.64. The molecule has 0 amide bonds. The molecule has 17 heavy (non-hydrogen) atoms. The van der Waals surface area contributed by atoms with Gasteiger partial charge in [0.05, 0.1) is 0 Å². The van der Waals surface area contributed by atoms with Gasteiger partial charge in [0, 0.05) is 28.8 Å². The summed E-state index contributed by atoms with van der Waals surface area (Å²) in [5.74, 6) is 0.848. The highest BCUT2D eigenvalue weighted by Crippen LogP contribution is 2.29. The monoisotopic (exact) mass is 296 g/mol. The van der Waals surface area contributed by atoms with Gasteiger partial charge in [-0.2, -0.15) is 0 Å². The molecule has 2 rings (SSSR count). The quantitative estimate of drug-likeness (QED) is 0.899. The second-order valence-corrected chi connectivity index (χ2v) is 5.80. The lowest BCUT2D eigenvalue weighted by molar-refractivity contribution is 0.360. The summed E-state index contributed by atoms with van der Waals surface area (Å²) in [6, 6.07) is 4.82. The molecule has 0 spiro atoms. The number of nitrogens with one attached hydrogen (secondary N) is 1. The normalized spacial score (nSPS) is 18.5. The number of hydrogen-bond donors (Lipinski definition) is 1. The van der Waals surface area contributed by atoms with Crippen molar-refractivity contribution in [2.75, 3.05) is 6.54 Å². The highest BCUT2D eigenvalue weighted by Gasteiger charge is 2.24. The van der Waals surface area contributed by atoms with Crippen LogP contribution in [0.5, 0.6) is 0 Å². The van der Waals surface area contributed by atoms with Crippen LogP contribution in [0.1, 0.15) is 38.3 Å². The van der Waals surface area contributed by atoms with E-state index in [1.165, 1.54) is 31.4 Å². The van der Waals surface area contributed by atoms with Crippen molar-refractivity contribution in [3.63, 3.8) is 0 Å². The number of nitrogens with zero attached hydrogens (tertiary/aromatic N) is 1. The van der Waals surface area contributed by atoms with Crippen molar-refractivity contribution in [3.8, 4) is 0 Å². The summed E-state index contributed by atoms with van der Waals surface area (Å²) >= 11 is 3.43. The molecule has 0 radical (unpaired) electrons. The van der Waals surface area contributed by atoms with Gasteiger partial charge < -0.3 is 5.32 Å². The zero-order chi connectivity index (χ0) is 12.1. The maximum atomic E-state index is 4.48. The van der Waals surface area contributed by atoms with Crippen molar-refractivity contribution in [2.45, 2.75) is 45.1 Å². The van der Waals surface area contributed by atoms with Crippen LogP contribution >= 0.6 is 15.9 Å². The Labute approximate surface area is 112 Å². The SMILES string of the molecule is CCNC(Cc1ccc(Br)cn1)C1CCCC1. The van der Waals surface area contributed by atoms with E-state index in [9.17, 15) is 0 Å². The fraction of sp³-hybridized carbons (Fsp3) is 0.643. The van der Waals surface area contributed by atoms with Gasteiger partial charge in [0.15, 0.2) is 0 Å². The van der Waals surface area contributed by atoms with Crippen LogP contribution in [0.2, 0.25) is 0 Å². The second kappa shape index (κ2) is 6.50. The molecule has 0 bridgehead atoms. The lowest BCUT2D eigenvalue weighted by Gasteiger charge is -2.24. The summed E-state index contributed by atoms with van der Waals surface area (Å²) < 4.78 is 1.06. The first-order valence-corrected chi connectivity index (χ1v) is 7.42. The topological polar surface area (TPSA) is 24.9 Å². The Morgan fingerprint density at radius 2 is 2.18 bits per heavy atom. The van der Waals surface area contributed by atoms with Gasteiger partial charge in [0.2, 0.25) is 0 Å². The Morgan fingerprint density at radius 1 is 1.41 bits per heavy atom. The first-order valence-electron chi connectivity index (χ1n) is 6.63. The van der Waals surface area contributed by atoms with E-state index in [4.69, 9.17) is 0 Å². The third-order valence-electron chi connectivity index (χ3n) is 3.65. The molecular formula is C14H21BrN2. The molecule has 1 aliphatic rings. The van der Waals surface area contributed by atoms with Crippen LogP contribution in [0.25, 0.3) is 0 Å². The number of likely N-dealkylation sites (N-methyl/N-ethyl adjacent to an activating group) is 1. The van der Waals surface area contributed by atoms with Crippen molar-refractivity contribution in [1.82, 2.24) is 10.3 Å². The molecule has 1 atom stereocenters. The van der Waals surface area contributed by atoms with Crippen LogP contribution in [0, 0.1) is 5.92 Å². The minimum absolute atomic E-state index is 0.608. The van der Waals surface area contributed by atoms with Gasteiger partial charge in [0.25, 0.3) is 0 Å². The Bertz CT molecular complexity index is 331. The molecule has 1 N–H and O–H groups in total. The van der Waals surface area contributed by atoms with Crippen LogP contribution in [-0.4, -0.2) is 17.6 Å². The average Bonchev–Trinajstić information content (AvgIpc) is 2.85. The fourth-order valence-corrected chi connectivity index (χ4v) is 3.01. The number of rotatable bonds is 5. The average molecular weight is 297 g/mol. The molecule has 0 aliphatic heterocycles. The lowest BCUT2D eigenvalue weighted by atomic mass is 9.94. The van der Waals surface area contributed by atoms with Crippen LogP contribution in [-0.2, 0) is 6.42 Å². The predicted molar refractivity (Wildman–Crippen MR) is 75.1 cm³/mol. The molecule has 94 valence electrons. The minimum atomic E-state index is 0.608. The summed E-state index contributed by atoms with van der Waals surface area (Å²) in [7, 11) is 0. The number of pyridine rings is 1. The van der Waals surface area contributed by atoms with Crippen molar-refractivity contribution in [2.24, 2.45) is 5.92 Å². The number of aromatic nitrogens is 1. The predicted octanol–water partition coefficient (Wildman–Crippen LogP) is 3.55. The largest absolute Gasteiger partial charge is 0.314 e. The highest BCUT2D eigenvalue weighted by molar-refractivity contribution is 9.10. The number of hydrogen-bond acceptors (Lipinski definition) is 2. The van der Waals surface area contributed by atoms with Crippen molar-refractivity contribution in [3.05, 3.63) is 28.5 Å². The molecular weight excluding hydrogens is 276 g/mol. The third-order valence-corrected chi connectivity index (χ3v) is 4.12. The molecule has 1 fully saturated rings. The maximum absolute atomic E-state index is 4.48. The third kappa shape index (κ3) is 3.78. The molecule has 1 aliphatic carbocycles. The first kappa shape index (κ1) is 13.0. The first-order chi connectivity index (χ1) is 8.29. The fourth-order valence-electron chi connectivity index (χ4n) is 2.78. The highest BCUT2D eigenvalue weighted by atomic mass is 79.9. The van der Waals surface area contributed by atoms with Gasteiger partial charge in [-0.1, -0.05) is 19.8 Å². The molecule has 1 heterocycles. The van der Waals surface area contributed by atoms with E-state index in [2.05, 4.69) is 45.3 Å². The standard InChI is InChI=1S/C14H21BrN2/c1-2-16-14(11-5-3-4-6-11)9-13-8-7-12(15)10-17-13/h7-8,10-11,14,16H,2-6,9H2,1H3. The van der Waals surface area contributed by atoms with E-state index in [0.29, 0.717) is 6.04 Å². The summed E-state index contributed by atoms with van der Waals surface area (Å²) in [6.45, 7) is 3.24. The molecule has 3 heteroatoms. The maximum Gasteiger partial charge on any atom is 0.0420 e. The van der Waals surface area contributed by atoms with E-state index in [0.717, 1.165) is 23.4 Å². The van der Waals surface area contributed by atoms with E-state index >= 15 is 0 Å². The van der Waals surface area contributed by atoms with Crippen LogP contribution in [0.4, 0.5) is 0 Å². The summed E-state index contributed by atoms with van der Waals surface area (Å²) in [5.41, 5.74) is 1.20. The summed E-state index contributed by atoms with van der Waals surface area (Å²) in [6.07, 6.45) is 8.53. The molecule has 1 aromatic rings. The molecule has 1 aromatic heterocycles. The van der Waals surface area contributed by atoms with E-state index in [-0.39, 0.29) is 0 Å². The van der Waals surface area contributed by atoms with Gasteiger partial charge in [-0.3, -0.25) is 4.98 Å². The lowest BCUT2D eigenvalue weighted by Crippen LogP contribution is -2.37. The second-order valence-electron chi connectivity index (χ2n) is 4.88. The molecule has 2 nitrogen and oxygen atoms in total. The summed E-state index contributed by atoms with van der Waals surface area (Å²) in [4.78, 5) is 4.48. The smallest absolute Gasteiger partial charge is 0.0420 e. The van der Waals surface area contributed by atoms with Gasteiger partial charge in [-0.15, -0.1) is 0 Å². The van der Waals surface area contributed by atoms with Crippen molar-refractivity contribution < 1.29 is 0 Å². The van der Waals surface area contributed by atoms with Crippen LogP contribution < -0.4 is 5.32 Å². The van der Waals surface area contributed by atoms with Gasteiger partial charge in [0.1, 0.15) is 0 Å². The van der Waals surface area contributed by atoms with E-state index in [1.807, 2.05) is 6.20 Å². The number of halogens is 1. The zero-order valence-electron chi connectivity index (χ0n) is 10.5. The van der Waals surface area contributed by atoms with Crippen LogP contribution in [0.3, 0.4) is 0 Å². The zero-order valence-corrected chi connectivity index (χ0v) is 12.0. The Balaban J connectivity index is 1.98. The molecule has 0 aromatic carbocycles. The molecule has 0 saturated heterocycles. The Kier molecular flexibility index (Phi) is 4.99. The van der Waals surface area contributed by atoms with Gasteiger partial charge >= 0.3 is 0 Å². The van der Waals surface area contributed by atoms with E-state index < -0.39 is 0 Å². The van der Waals surface area contributed by atoms with Crippen molar-refractivity contribution >= 4 is 15.9 Å².